The SMILES string of the molecule is Cc1ccccc1C(=O)c1cc(-n2cc(CCO)nn2)ccc1C. The van der Waals surface area contributed by atoms with Crippen LogP contribution in [-0.2, 0) is 6.42 Å². The molecule has 0 spiro atoms. The van der Waals surface area contributed by atoms with Crippen molar-refractivity contribution in [3.05, 3.63) is 76.6 Å². The molecule has 24 heavy (non-hydrogen) atoms. The number of nitrogens with zero attached hydrogens (tertiary/aromatic N) is 3. The summed E-state index contributed by atoms with van der Waals surface area (Å²) in [6.07, 6.45) is 2.23. The van der Waals surface area contributed by atoms with Gasteiger partial charge in [-0.15, -0.1) is 5.10 Å². The summed E-state index contributed by atoms with van der Waals surface area (Å²) < 4.78 is 1.62. The number of ketones is 1. The molecule has 0 fully saturated rings. The average Bonchev–Trinajstić information content (AvgIpc) is 3.04. The lowest BCUT2D eigenvalue weighted by Crippen LogP contribution is -2.07. The van der Waals surface area contributed by atoms with Crippen LogP contribution in [0.25, 0.3) is 5.69 Å². The van der Waals surface area contributed by atoms with Crippen LogP contribution in [0.2, 0.25) is 0 Å². The van der Waals surface area contributed by atoms with Crippen LogP contribution in [-0.4, -0.2) is 32.5 Å². The van der Waals surface area contributed by atoms with E-state index < -0.39 is 0 Å². The van der Waals surface area contributed by atoms with E-state index >= 15 is 0 Å². The Hall–Kier alpha value is -2.79. The number of carbonyl (C=O) groups is 1. The van der Waals surface area contributed by atoms with Crippen molar-refractivity contribution in [3.8, 4) is 5.69 Å². The van der Waals surface area contributed by atoms with Crippen LogP contribution in [0.4, 0.5) is 0 Å². The fourth-order valence-corrected chi connectivity index (χ4v) is 2.62. The first kappa shape index (κ1) is 16.1. The van der Waals surface area contributed by atoms with Crippen molar-refractivity contribution in [1.82, 2.24) is 15.0 Å². The summed E-state index contributed by atoms with van der Waals surface area (Å²) in [7, 11) is 0. The minimum absolute atomic E-state index is 0.00291. The molecule has 122 valence electrons. The molecule has 2 aromatic carbocycles. The predicted octanol–water partition coefficient (Wildman–Crippen LogP) is 2.65. The first-order valence-electron chi connectivity index (χ1n) is 7.83. The number of aryl methyl sites for hydroxylation is 2. The van der Waals surface area contributed by atoms with E-state index in [2.05, 4.69) is 10.3 Å². The highest BCUT2D eigenvalue weighted by Gasteiger charge is 2.15. The molecule has 1 heterocycles. The van der Waals surface area contributed by atoms with Crippen LogP contribution in [0.15, 0.2) is 48.7 Å². The Morgan fingerprint density at radius 3 is 2.58 bits per heavy atom. The van der Waals surface area contributed by atoms with Gasteiger partial charge in [-0.25, -0.2) is 4.68 Å². The highest BCUT2D eigenvalue weighted by atomic mass is 16.3. The van der Waals surface area contributed by atoms with Gasteiger partial charge in [-0.1, -0.05) is 35.5 Å². The molecular weight excluding hydrogens is 302 g/mol. The van der Waals surface area contributed by atoms with E-state index in [0.717, 1.165) is 16.8 Å². The molecule has 5 heteroatoms. The van der Waals surface area contributed by atoms with Crippen molar-refractivity contribution in [3.63, 3.8) is 0 Å². The minimum Gasteiger partial charge on any atom is -0.396 e. The molecule has 0 aliphatic rings. The topological polar surface area (TPSA) is 68.0 Å². The molecule has 0 bridgehead atoms. The van der Waals surface area contributed by atoms with E-state index in [9.17, 15) is 4.79 Å². The van der Waals surface area contributed by atoms with Crippen molar-refractivity contribution in [1.29, 1.82) is 0 Å². The van der Waals surface area contributed by atoms with E-state index in [1.165, 1.54) is 0 Å². The first-order valence-corrected chi connectivity index (χ1v) is 7.83. The Bertz CT molecular complexity index is 884. The number of hydrogen-bond donors (Lipinski definition) is 1. The molecule has 0 aliphatic carbocycles. The summed E-state index contributed by atoms with van der Waals surface area (Å²) in [5.41, 5.74) is 4.72. The van der Waals surface area contributed by atoms with E-state index in [0.29, 0.717) is 23.2 Å². The molecule has 0 atom stereocenters. The Labute approximate surface area is 140 Å². The summed E-state index contributed by atoms with van der Waals surface area (Å²) in [5, 5.41) is 17.1. The summed E-state index contributed by atoms with van der Waals surface area (Å²) in [6, 6.07) is 13.2. The molecule has 0 radical (unpaired) electrons. The van der Waals surface area contributed by atoms with E-state index in [4.69, 9.17) is 5.11 Å². The van der Waals surface area contributed by atoms with Crippen molar-refractivity contribution in [2.45, 2.75) is 20.3 Å². The zero-order valence-electron chi connectivity index (χ0n) is 13.7. The second kappa shape index (κ2) is 6.76. The molecule has 0 amide bonds. The highest BCUT2D eigenvalue weighted by Crippen LogP contribution is 2.20. The van der Waals surface area contributed by atoms with E-state index in [1.54, 1.807) is 10.9 Å². The van der Waals surface area contributed by atoms with Gasteiger partial charge in [0.2, 0.25) is 0 Å². The lowest BCUT2D eigenvalue weighted by Gasteiger charge is -2.10. The summed E-state index contributed by atoms with van der Waals surface area (Å²) in [5.74, 6) is 0.00291. The average molecular weight is 321 g/mol. The third-order valence-electron chi connectivity index (χ3n) is 4.03. The third-order valence-corrected chi connectivity index (χ3v) is 4.03. The van der Waals surface area contributed by atoms with Gasteiger partial charge < -0.3 is 5.11 Å². The van der Waals surface area contributed by atoms with Crippen LogP contribution in [0.3, 0.4) is 0 Å². The summed E-state index contributed by atoms with van der Waals surface area (Å²) in [6.45, 7) is 3.89. The Balaban J connectivity index is 2.00. The van der Waals surface area contributed by atoms with Gasteiger partial charge in [-0.05, 0) is 37.1 Å². The maximum Gasteiger partial charge on any atom is 0.193 e. The Morgan fingerprint density at radius 2 is 1.83 bits per heavy atom. The smallest absolute Gasteiger partial charge is 0.193 e. The van der Waals surface area contributed by atoms with Crippen molar-refractivity contribution >= 4 is 5.78 Å². The monoisotopic (exact) mass is 321 g/mol. The zero-order valence-corrected chi connectivity index (χ0v) is 13.7. The van der Waals surface area contributed by atoms with E-state index in [-0.39, 0.29) is 12.4 Å². The number of carbonyl (C=O) groups excluding carboxylic acids is 1. The largest absolute Gasteiger partial charge is 0.396 e. The van der Waals surface area contributed by atoms with Crippen molar-refractivity contribution in [2.75, 3.05) is 6.61 Å². The van der Waals surface area contributed by atoms with E-state index in [1.807, 2.05) is 56.3 Å². The minimum atomic E-state index is 0.00291. The molecule has 5 nitrogen and oxygen atoms in total. The van der Waals surface area contributed by atoms with Crippen molar-refractivity contribution in [2.24, 2.45) is 0 Å². The van der Waals surface area contributed by atoms with Crippen LogP contribution in [0, 0.1) is 13.8 Å². The number of rotatable bonds is 5. The molecule has 0 aliphatic heterocycles. The Morgan fingerprint density at radius 1 is 1.08 bits per heavy atom. The van der Waals surface area contributed by atoms with Gasteiger partial charge >= 0.3 is 0 Å². The maximum atomic E-state index is 12.9. The highest BCUT2D eigenvalue weighted by molar-refractivity contribution is 6.11. The maximum absolute atomic E-state index is 12.9. The molecule has 1 aromatic heterocycles. The number of aliphatic hydroxyl groups excluding tert-OH is 1. The van der Waals surface area contributed by atoms with Crippen LogP contribution in [0.5, 0.6) is 0 Å². The second-order valence-electron chi connectivity index (χ2n) is 5.77. The lowest BCUT2D eigenvalue weighted by atomic mass is 9.96. The van der Waals surface area contributed by atoms with Gasteiger partial charge in [0.15, 0.2) is 5.78 Å². The Kier molecular flexibility index (Phi) is 4.53. The quantitative estimate of drug-likeness (QED) is 0.734. The number of benzene rings is 2. The fourth-order valence-electron chi connectivity index (χ4n) is 2.62. The van der Waals surface area contributed by atoms with Gasteiger partial charge in [0, 0.05) is 24.2 Å². The number of hydrogen-bond acceptors (Lipinski definition) is 4. The zero-order chi connectivity index (χ0) is 17.1. The molecule has 3 aromatic rings. The molecule has 0 saturated heterocycles. The fraction of sp³-hybridized carbons (Fsp3) is 0.211. The van der Waals surface area contributed by atoms with Gasteiger partial charge in [0.1, 0.15) is 0 Å². The van der Waals surface area contributed by atoms with Crippen molar-refractivity contribution < 1.29 is 9.90 Å². The predicted molar refractivity (Wildman–Crippen MR) is 91.5 cm³/mol. The standard InChI is InChI=1S/C19H19N3O2/c1-13-5-3-4-6-17(13)19(24)18-11-16(8-7-14(18)2)22-12-15(9-10-23)20-21-22/h3-8,11-12,23H,9-10H2,1-2H3. The van der Waals surface area contributed by atoms with Crippen LogP contribution < -0.4 is 0 Å². The molecular formula is C19H19N3O2. The van der Waals surface area contributed by atoms with Gasteiger partial charge in [0.05, 0.1) is 17.6 Å². The second-order valence-corrected chi connectivity index (χ2v) is 5.77. The van der Waals surface area contributed by atoms with Gasteiger partial charge in [0.25, 0.3) is 0 Å². The summed E-state index contributed by atoms with van der Waals surface area (Å²) >= 11 is 0. The van der Waals surface area contributed by atoms with Gasteiger partial charge in [-0.3, -0.25) is 4.79 Å². The molecule has 0 unspecified atom stereocenters. The van der Waals surface area contributed by atoms with Gasteiger partial charge in [-0.2, -0.15) is 0 Å². The van der Waals surface area contributed by atoms with Crippen LogP contribution in [0.1, 0.15) is 32.7 Å². The molecule has 0 saturated carbocycles. The number of aliphatic hydroxyl groups is 1. The normalized spacial score (nSPS) is 10.8. The number of aromatic nitrogens is 3. The molecule has 1 N–H and O–H groups in total. The summed E-state index contributed by atoms with van der Waals surface area (Å²) in [4.78, 5) is 12.9. The lowest BCUT2D eigenvalue weighted by molar-refractivity contribution is 0.103. The van der Waals surface area contributed by atoms with Crippen LogP contribution >= 0.6 is 0 Å². The first-order chi connectivity index (χ1) is 11.6. The third kappa shape index (κ3) is 3.12. The molecule has 3 rings (SSSR count).